The number of hydrogen-bond donors (Lipinski definition) is 2. The molecule has 0 aromatic heterocycles. The van der Waals surface area contributed by atoms with Gasteiger partial charge in [0, 0.05) is 0 Å². The number of para-hydroxylation sites is 2. The minimum atomic E-state index is -1.97. The zero-order chi connectivity index (χ0) is 24.1. The molecule has 176 valence electrons. The molecular formula is C23H24FIN2O5S. The van der Waals surface area contributed by atoms with Gasteiger partial charge in [-0.05, 0) is 0 Å². The van der Waals surface area contributed by atoms with Gasteiger partial charge in [0.05, 0.1) is 0 Å². The van der Waals surface area contributed by atoms with Crippen molar-refractivity contribution >= 4 is 66.5 Å². The van der Waals surface area contributed by atoms with E-state index in [2.05, 4.69) is 5.32 Å². The van der Waals surface area contributed by atoms with E-state index in [4.69, 9.17) is 5.11 Å². The second-order valence-electron chi connectivity index (χ2n) is 7.51. The number of carboxylic acid groups (broad SMARTS) is 1. The van der Waals surface area contributed by atoms with Crippen LogP contribution in [0.5, 0.6) is 0 Å². The van der Waals surface area contributed by atoms with Crippen LogP contribution in [0.25, 0.3) is 0 Å². The number of hydrogen-bond acceptors (Lipinski definition) is 5. The molecule has 2 N–H and O–H groups in total. The molecule has 0 radical (unpaired) electrons. The molecule has 10 heteroatoms. The van der Waals surface area contributed by atoms with Gasteiger partial charge in [-0.15, -0.1) is 0 Å². The third-order valence-corrected chi connectivity index (χ3v) is 10.2. The molecule has 33 heavy (non-hydrogen) atoms. The van der Waals surface area contributed by atoms with E-state index in [0.29, 0.717) is 0 Å². The topological polar surface area (TPSA) is 104 Å². The molecule has 0 fully saturated rings. The van der Waals surface area contributed by atoms with E-state index >= 15 is 0 Å². The summed E-state index contributed by atoms with van der Waals surface area (Å²) in [7, 11) is 0. The van der Waals surface area contributed by atoms with E-state index in [-0.39, 0.29) is 12.3 Å². The number of Topliss-reactive ketones (excluding diaryl/α,β-unsaturated/α-hetero) is 1. The van der Waals surface area contributed by atoms with Crippen LogP contribution in [0, 0.1) is 0 Å². The average Bonchev–Trinajstić information content (AvgIpc) is 2.79. The first-order valence-corrected chi connectivity index (χ1v) is 16.4. The van der Waals surface area contributed by atoms with Crippen LogP contribution < -0.4 is 10.2 Å². The molecule has 1 unspecified atom stereocenters. The fourth-order valence-electron chi connectivity index (χ4n) is 3.44. The van der Waals surface area contributed by atoms with Crippen LogP contribution in [0.3, 0.4) is 0 Å². The maximum atomic E-state index is 13.5. The normalized spacial score (nSPS) is 14.4. The maximum absolute atomic E-state index is 13.5. The monoisotopic (exact) mass is 586 g/mol. The van der Waals surface area contributed by atoms with E-state index < -0.39 is 60.5 Å². The summed E-state index contributed by atoms with van der Waals surface area (Å²) in [6.45, 7) is -1.37. The summed E-state index contributed by atoms with van der Waals surface area (Å²) >= 11 is -0.406. The Morgan fingerprint density at radius 1 is 1.00 bits per heavy atom. The van der Waals surface area contributed by atoms with Gasteiger partial charge in [0.15, 0.2) is 0 Å². The molecule has 0 bridgehead atoms. The molecule has 1 heterocycles. The van der Waals surface area contributed by atoms with Crippen LogP contribution >= 0.6 is 31.6 Å². The Kier molecular flexibility index (Phi) is 8.46. The van der Waals surface area contributed by atoms with E-state index in [1.807, 2.05) is 58.4 Å². The van der Waals surface area contributed by atoms with Gasteiger partial charge in [-0.2, -0.15) is 0 Å². The van der Waals surface area contributed by atoms with Crippen molar-refractivity contribution in [2.45, 2.75) is 32.6 Å². The number of alkyl halides is 4. The quantitative estimate of drug-likeness (QED) is 0.342. The summed E-state index contributed by atoms with van der Waals surface area (Å²) in [4.78, 5) is 56.7. The van der Waals surface area contributed by atoms with E-state index in [1.54, 1.807) is 16.7 Å². The summed E-state index contributed by atoms with van der Waals surface area (Å²) in [6.07, 6.45) is -0.804. The summed E-state index contributed by atoms with van der Waals surface area (Å²) in [5.74, 6) is -3.18. The van der Waals surface area contributed by atoms with E-state index in [1.165, 1.54) is 0 Å². The molecule has 2 aromatic carbocycles. The van der Waals surface area contributed by atoms with Gasteiger partial charge in [-0.3, -0.25) is 0 Å². The van der Waals surface area contributed by atoms with Crippen LogP contribution in [-0.2, 0) is 19.2 Å². The molecule has 2 amide bonds. The predicted octanol–water partition coefficient (Wildman–Crippen LogP) is 3.84. The van der Waals surface area contributed by atoms with Crippen molar-refractivity contribution in [3.8, 4) is 0 Å². The Bertz CT molecular complexity index is 1030. The number of nitrogens with zero attached hydrogens (tertiary/aromatic N) is 1. The van der Waals surface area contributed by atoms with Crippen molar-refractivity contribution < 1.29 is 28.7 Å². The van der Waals surface area contributed by atoms with Crippen LogP contribution in [0.4, 0.5) is 15.8 Å². The van der Waals surface area contributed by atoms with Crippen LogP contribution in [0.15, 0.2) is 58.3 Å². The molecule has 3 rings (SSSR count). The SMILES string of the molecule is CI(C)[C@H](CC(=O)N1c2ccccc2Sc2ccccc21)C(=O)NC(CC(=O)O)C(=O)CF. The van der Waals surface area contributed by atoms with Gasteiger partial charge in [0.25, 0.3) is 0 Å². The summed E-state index contributed by atoms with van der Waals surface area (Å²) in [6, 6.07) is 13.6. The third kappa shape index (κ3) is 5.91. The summed E-state index contributed by atoms with van der Waals surface area (Å²) in [5.41, 5.74) is 1.46. The number of nitrogens with one attached hydrogen (secondary N) is 1. The predicted molar refractivity (Wildman–Crippen MR) is 134 cm³/mol. The van der Waals surface area contributed by atoms with Crippen molar-refractivity contribution in [3.63, 3.8) is 0 Å². The van der Waals surface area contributed by atoms with E-state index in [9.17, 15) is 23.6 Å². The van der Waals surface area contributed by atoms with Gasteiger partial charge in [-0.25, -0.2) is 0 Å². The van der Waals surface area contributed by atoms with Crippen molar-refractivity contribution in [3.05, 3.63) is 48.5 Å². The van der Waals surface area contributed by atoms with Gasteiger partial charge >= 0.3 is 203 Å². The number of carboxylic acids is 1. The Labute approximate surface area is 202 Å². The number of rotatable bonds is 9. The fraction of sp³-hybridized carbons (Fsp3) is 0.304. The number of aliphatic carboxylic acids is 1. The standard InChI is InChI=1S/C23H24FIN2O5S/c1-25(2)14(23(32)26-15(12-22(30)31)18(28)13-24)11-21(29)27-16-7-3-5-9-19(16)33-20-10-6-4-8-17(20)27/h3-10,14-15H,11-13H2,1-2H3,(H,26,32)(H,30,31)/t14-,15?/m1/s1. The number of benzene rings is 2. The molecule has 1 aliphatic rings. The number of anilines is 2. The van der Waals surface area contributed by atoms with Gasteiger partial charge in [0.1, 0.15) is 0 Å². The first-order valence-electron chi connectivity index (χ1n) is 10.0. The Hall–Kier alpha value is -2.47. The number of carbonyl (C=O) groups excluding carboxylic acids is 3. The number of halogens is 2. The van der Waals surface area contributed by atoms with E-state index in [0.717, 1.165) is 21.2 Å². The Morgan fingerprint density at radius 3 is 2.03 bits per heavy atom. The summed E-state index contributed by atoms with van der Waals surface area (Å²) < 4.78 is 12.2. The average molecular weight is 586 g/mol. The van der Waals surface area contributed by atoms with Crippen molar-refractivity contribution in [1.82, 2.24) is 5.32 Å². The molecule has 7 nitrogen and oxygen atoms in total. The Morgan fingerprint density at radius 2 is 1.55 bits per heavy atom. The summed E-state index contributed by atoms with van der Waals surface area (Å²) in [5, 5.41) is 11.4. The molecule has 2 aromatic rings. The van der Waals surface area contributed by atoms with Crippen LogP contribution in [0.2, 0.25) is 0 Å². The molecule has 1 aliphatic heterocycles. The zero-order valence-corrected chi connectivity index (χ0v) is 21.1. The minimum absolute atomic E-state index is 0.0966. The Balaban J connectivity index is 1.86. The first kappa shape index (κ1) is 25.2. The molecule has 0 saturated carbocycles. The molecular weight excluding hydrogens is 562 g/mol. The van der Waals surface area contributed by atoms with Crippen LogP contribution in [0.1, 0.15) is 12.8 Å². The van der Waals surface area contributed by atoms with Gasteiger partial charge < -0.3 is 0 Å². The fourth-order valence-corrected chi connectivity index (χ4v) is 7.06. The van der Waals surface area contributed by atoms with Crippen molar-refractivity contribution in [2.24, 2.45) is 0 Å². The van der Waals surface area contributed by atoms with Crippen molar-refractivity contribution in [1.29, 1.82) is 0 Å². The molecule has 0 spiro atoms. The molecule has 2 atom stereocenters. The first-order chi connectivity index (χ1) is 15.7. The second kappa shape index (κ2) is 11.1. The van der Waals surface area contributed by atoms with Gasteiger partial charge in [0.2, 0.25) is 0 Å². The number of amides is 2. The number of carbonyl (C=O) groups is 4. The third-order valence-electron chi connectivity index (χ3n) is 5.06. The van der Waals surface area contributed by atoms with Crippen LogP contribution in [-0.4, -0.2) is 55.2 Å². The molecule has 0 aliphatic carbocycles. The number of ketones is 1. The second-order valence-corrected chi connectivity index (χ2v) is 14.7. The van der Waals surface area contributed by atoms with Gasteiger partial charge in [-0.1, -0.05) is 0 Å². The number of fused-ring (bicyclic) bond motifs is 2. The van der Waals surface area contributed by atoms with Crippen molar-refractivity contribution in [2.75, 3.05) is 21.4 Å². The zero-order valence-electron chi connectivity index (χ0n) is 18.1. The molecule has 0 saturated heterocycles.